The first-order chi connectivity index (χ1) is 10.7. The van der Waals surface area contributed by atoms with E-state index in [4.69, 9.17) is 0 Å². The molecule has 6 heteroatoms. The number of imidazole rings is 1. The number of nitrogens with one attached hydrogen (secondary N) is 1. The van der Waals surface area contributed by atoms with Crippen molar-refractivity contribution in [3.63, 3.8) is 0 Å². The Balaban J connectivity index is 1.44. The first-order valence-corrected chi connectivity index (χ1v) is 8.18. The zero-order valence-corrected chi connectivity index (χ0v) is 13.3. The number of carbonyl (C=O) groups is 1. The molecular formula is C16H18N4OS. The van der Waals surface area contributed by atoms with E-state index in [9.17, 15) is 4.79 Å². The van der Waals surface area contributed by atoms with E-state index in [-0.39, 0.29) is 5.91 Å². The third-order valence-corrected chi connectivity index (χ3v) is 4.26. The van der Waals surface area contributed by atoms with Crippen LogP contribution in [0.2, 0.25) is 0 Å². The number of fused-ring (bicyclic) bond motifs is 1. The van der Waals surface area contributed by atoms with Crippen molar-refractivity contribution in [1.29, 1.82) is 0 Å². The van der Waals surface area contributed by atoms with E-state index in [0.29, 0.717) is 13.0 Å². The van der Waals surface area contributed by atoms with Crippen LogP contribution in [0.15, 0.2) is 36.0 Å². The molecule has 2 heterocycles. The predicted molar refractivity (Wildman–Crippen MR) is 87.9 cm³/mol. The maximum Gasteiger partial charge on any atom is 0.226 e. The third kappa shape index (κ3) is 3.51. The van der Waals surface area contributed by atoms with Gasteiger partial charge in [-0.1, -0.05) is 12.1 Å². The molecule has 0 fully saturated rings. The number of amides is 1. The van der Waals surface area contributed by atoms with Crippen molar-refractivity contribution in [3.05, 3.63) is 46.7 Å². The number of hydrogen-bond acceptors (Lipinski definition) is 4. The molecule has 22 heavy (non-hydrogen) atoms. The number of nitrogens with zero attached hydrogens (tertiary/aromatic N) is 3. The van der Waals surface area contributed by atoms with Gasteiger partial charge in [-0.3, -0.25) is 4.79 Å². The van der Waals surface area contributed by atoms with Crippen molar-refractivity contribution in [3.8, 4) is 0 Å². The van der Waals surface area contributed by atoms with E-state index in [1.807, 2.05) is 36.8 Å². The van der Waals surface area contributed by atoms with Gasteiger partial charge in [-0.15, -0.1) is 11.3 Å². The highest BCUT2D eigenvalue weighted by Crippen LogP contribution is 2.12. The van der Waals surface area contributed by atoms with Crippen LogP contribution in [-0.2, 0) is 17.8 Å². The Bertz CT molecular complexity index is 777. The summed E-state index contributed by atoms with van der Waals surface area (Å²) in [5.74, 6) is 0.0285. The van der Waals surface area contributed by atoms with E-state index in [2.05, 4.69) is 25.9 Å². The zero-order valence-electron chi connectivity index (χ0n) is 12.5. The van der Waals surface area contributed by atoms with E-state index in [1.54, 1.807) is 11.3 Å². The fourth-order valence-electron chi connectivity index (χ4n) is 2.38. The normalized spacial score (nSPS) is 11.0. The molecule has 3 rings (SSSR count). The molecule has 0 saturated heterocycles. The number of aryl methyl sites for hydroxylation is 2. The highest BCUT2D eigenvalue weighted by molar-refractivity contribution is 7.09. The van der Waals surface area contributed by atoms with Crippen LogP contribution in [0, 0.1) is 6.92 Å². The monoisotopic (exact) mass is 314 g/mol. The van der Waals surface area contributed by atoms with Crippen LogP contribution in [0.25, 0.3) is 11.0 Å². The Morgan fingerprint density at radius 2 is 2.23 bits per heavy atom. The van der Waals surface area contributed by atoms with Crippen molar-refractivity contribution in [2.24, 2.45) is 0 Å². The molecule has 1 N–H and O–H groups in total. The number of para-hydroxylation sites is 2. The van der Waals surface area contributed by atoms with E-state index >= 15 is 0 Å². The number of aromatic nitrogens is 3. The maximum absolute atomic E-state index is 11.8. The summed E-state index contributed by atoms with van der Waals surface area (Å²) >= 11 is 1.57. The second-order valence-corrected chi connectivity index (χ2v) is 6.23. The van der Waals surface area contributed by atoms with Gasteiger partial charge in [-0.25, -0.2) is 9.97 Å². The summed E-state index contributed by atoms with van der Waals surface area (Å²) in [5, 5.41) is 5.88. The largest absolute Gasteiger partial charge is 0.356 e. The van der Waals surface area contributed by atoms with Crippen LogP contribution in [0.1, 0.15) is 17.1 Å². The average Bonchev–Trinajstić information content (AvgIpc) is 3.10. The van der Waals surface area contributed by atoms with E-state index in [0.717, 1.165) is 34.7 Å². The van der Waals surface area contributed by atoms with Gasteiger partial charge in [0, 0.05) is 18.5 Å². The molecule has 0 aliphatic heterocycles. The lowest BCUT2D eigenvalue weighted by Gasteiger charge is -2.06. The quantitative estimate of drug-likeness (QED) is 0.711. The molecule has 0 aliphatic rings. The average molecular weight is 314 g/mol. The van der Waals surface area contributed by atoms with Crippen molar-refractivity contribution >= 4 is 28.3 Å². The highest BCUT2D eigenvalue weighted by atomic mass is 32.1. The summed E-state index contributed by atoms with van der Waals surface area (Å²) in [5.41, 5.74) is 2.98. The summed E-state index contributed by atoms with van der Waals surface area (Å²) < 4.78 is 2.12. The predicted octanol–water partition coefficient (Wildman–Crippen LogP) is 2.55. The second kappa shape index (κ2) is 6.70. The van der Waals surface area contributed by atoms with Crippen LogP contribution in [0.3, 0.4) is 0 Å². The lowest BCUT2D eigenvalue weighted by atomic mass is 10.3. The van der Waals surface area contributed by atoms with Crippen molar-refractivity contribution in [2.75, 3.05) is 6.54 Å². The summed E-state index contributed by atoms with van der Waals surface area (Å²) in [6.45, 7) is 3.45. The first kappa shape index (κ1) is 14.7. The summed E-state index contributed by atoms with van der Waals surface area (Å²) in [4.78, 5) is 20.5. The van der Waals surface area contributed by atoms with Gasteiger partial charge in [0.2, 0.25) is 5.91 Å². The van der Waals surface area contributed by atoms with E-state index < -0.39 is 0 Å². The topological polar surface area (TPSA) is 59.8 Å². The van der Waals surface area contributed by atoms with Crippen LogP contribution in [-0.4, -0.2) is 27.0 Å². The SMILES string of the molecule is Cc1nc(CC(=O)NCCCn2cnc3ccccc32)cs1. The Morgan fingerprint density at radius 1 is 1.36 bits per heavy atom. The van der Waals surface area contributed by atoms with Crippen molar-refractivity contribution in [1.82, 2.24) is 19.9 Å². The van der Waals surface area contributed by atoms with E-state index in [1.165, 1.54) is 0 Å². The number of carbonyl (C=O) groups excluding carboxylic acids is 1. The minimum atomic E-state index is 0.0285. The van der Waals surface area contributed by atoms with Crippen LogP contribution < -0.4 is 5.32 Å². The second-order valence-electron chi connectivity index (χ2n) is 5.16. The van der Waals surface area contributed by atoms with Gasteiger partial charge in [0.25, 0.3) is 0 Å². The first-order valence-electron chi connectivity index (χ1n) is 7.30. The van der Waals surface area contributed by atoms with Crippen molar-refractivity contribution in [2.45, 2.75) is 26.3 Å². The Labute approximate surface area is 133 Å². The van der Waals surface area contributed by atoms with Gasteiger partial charge in [-0.05, 0) is 25.5 Å². The highest BCUT2D eigenvalue weighted by Gasteiger charge is 2.06. The summed E-state index contributed by atoms with van der Waals surface area (Å²) in [6.07, 6.45) is 3.09. The molecule has 5 nitrogen and oxygen atoms in total. The minimum absolute atomic E-state index is 0.0285. The minimum Gasteiger partial charge on any atom is -0.356 e. The number of hydrogen-bond donors (Lipinski definition) is 1. The van der Waals surface area contributed by atoms with Gasteiger partial charge in [0.1, 0.15) is 0 Å². The van der Waals surface area contributed by atoms with Gasteiger partial charge >= 0.3 is 0 Å². The molecule has 0 radical (unpaired) electrons. The Hall–Kier alpha value is -2.21. The molecule has 0 spiro atoms. The van der Waals surface area contributed by atoms with Gasteiger partial charge < -0.3 is 9.88 Å². The molecular weight excluding hydrogens is 296 g/mol. The van der Waals surface area contributed by atoms with Gasteiger partial charge in [0.05, 0.1) is 34.5 Å². The van der Waals surface area contributed by atoms with Crippen LogP contribution in [0.4, 0.5) is 0 Å². The fourth-order valence-corrected chi connectivity index (χ4v) is 2.99. The molecule has 0 bridgehead atoms. The third-order valence-electron chi connectivity index (χ3n) is 3.43. The molecule has 1 aromatic carbocycles. The fraction of sp³-hybridized carbons (Fsp3) is 0.312. The number of rotatable bonds is 6. The molecule has 1 amide bonds. The molecule has 3 aromatic rings. The molecule has 0 unspecified atom stereocenters. The lowest BCUT2D eigenvalue weighted by molar-refractivity contribution is -0.120. The van der Waals surface area contributed by atoms with Crippen LogP contribution >= 0.6 is 11.3 Å². The molecule has 0 aliphatic carbocycles. The maximum atomic E-state index is 11.8. The molecule has 0 atom stereocenters. The smallest absolute Gasteiger partial charge is 0.226 e. The van der Waals surface area contributed by atoms with Crippen LogP contribution in [0.5, 0.6) is 0 Å². The Morgan fingerprint density at radius 3 is 3.05 bits per heavy atom. The molecule has 114 valence electrons. The Kier molecular flexibility index (Phi) is 4.48. The molecule has 2 aromatic heterocycles. The zero-order chi connectivity index (χ0) is 15.4. The number of thiazole rings is 1. The lowest BCUT2D eigenvalue weighted by Crippen LogP contribution is -2.26. The summed E-state index contributed by atoms with van der Waals surface area (Å²) in [7, 11) is 0. The van der Waals surface area contributed by atoms with Gasteiger partial charge in [0.15, 0.2) is 0 Å². The van der Waals surface area contributed by atoms with Gasteiger partial charge in [-0.2, -0.15) is 0 Å². The summed E-state index contributed by atoms with van der Waals surface area (Å²) in [6, 6.07) is 8.06. The standard InChI is InChI=1S/C16H18N4OS/c1-12-19-13(10-22-12)9-16(21)17-7-4-8-20-11-18-14-5-2-3-6-15(14)20/h2-3,5-6,10-11H,4,7-9H2,1H3,(H,17,21). The van der Waals surface area contributed by atoms with Crippen molar-refractivity contribution < 1.29 is 4.79 Å². The number of benzene rings is 1. The molecule has 0 saturated carbocycles.